The molecule has 3 heteroatoms. The number of nitrogens with one attached hydrogen (secondary N) is 2. The maximum Gasteiger partial charge on any atom is 0.127 e. The van der Waals surface area contributed by atoms with E-state index in [-0.39, 0.29) is 0 Å². The minimum absolute atomic E-state index is 0.321. The lowest BCUT2D eigenvalue weighted by atomic mass is 10.1. The van der Waals surface area contributed by atoms with Crippen LogP contribution in [-0.4, -0.2) is 44.4 Å². The van der Waals surface area contributed by atoms with Crippen LogP contribution in [0.5, 0.6) is 0 Å². The lowest BCUT2D eigenvalue weighted by molar-refractivity contribution is -1.02. The third-order valence-corrected chi connectivity index (χ3v) is 4.07. The fourth-order valence-electron chi connectivity index (χ4n) is 2.86. The van der Waals surface area contributed by atoms with Crippen LogP contribution >= 0.6 is 0 Å². The number of benzene rings is 1. The van der Waals surface area contributed by atoms with E-state index in [9.17, 15) is 0 Å². The van der Waals surface area contributed by atoms with Gasteiger partial charge in [0.1, 0.15) is 39.3 Å². The summed E-state index contributed by atoms with van der Waals surface area (Å²) in [6, 6.07) is 6.78. The van der Waals surface area contributed by atoms with Crippen LogP contribution in [0.15, 0.2) is 18.2 Å². The predicted molar refractivity (Wildman–Crippen MR) is 73.0 cm³/mol. The van der Waals surface area contributed by atoms with Crippen LogP contribution < -0.4 is 9.80 Å². The van der Waals surface area contributed by atoms with Gasteiger partial charge in [0.15, 0.2) is 0 Å². The summed E-state index contributed by atoms with van der Waals surface area (Å²) in [6.45, 7) is 11.6. The molecule has 1 saturated heterocycles. The van der Waals surface area contributed by atoms with Gasteiger partial charge in [-0.15, -0.1) is 0 Å². The monoisotopic (exact) mass is 250 g/mol. The van der Waals surface area contributed by atoms with Crippen molar-refractivity contribution in [2.75, 3.05) is 39.3 Å². The first kappa shape index (κ1) is 13.5. The number of aliphatic hydroxyl groups is 1. The van der Waals surface area contributed by atoms with Crippen LogP contribution in [0.25, 0.3) is 0 Å². The first-order chi connectivity index (χ1) is 8.69. The van der Waals surface area contributed by atoms with Crippen molar-refractivity contribution in [2.45, 2.75) is 20.4 Å². The Kier molecular flexibility index (Phi) is 4.75. The third-order valence-electron chi connectivity index (χ3n) is 4.07. The van der Waals surface area contributed by atoms with E-state index in [1.165, 1.54) is 42.9 Å². The minimum atomic E-state index is 0.321. The van der Waals surface area contributed by atoms with E-state index < -0.39 is 0 Å². The van der Waals surface area contributed by atoms with Gasteiger partial charge in [0.05, 0.1) is 6.61 Å². The molecule has 2 rings (SSSR count). The molecular formula is C15H26N2O+2. The standard InChI is InChI=1S/C15H24N2O/c1-13-3-4-15(14(2)11-13)12-17-7-5-16(6-8-17)9-10-18/h3-4,11,18H,5-10,12H2,1-2H3/p+2. The summed E-state index contributed by atoms with van der Waals surface area (Å²) in [7, 11) is 0. The maximum absolute atomic E-state index is 8.95. The van der Waals surface area contributed by atoms with Gasteiger partial charge in [0.25, 0.3) is 0 Å². The molecule has 1 aliphatic rings. The van der Waals surface area contributed by atoms with Gasteiger partial charge in [-0.2, -0.15) is 0 Å². The van der Waals surface area contributed by atoms with Crippen LogP contribution in [0.1, 0.15) is 16.7 Å². The quantitative estimate of drug-likeness (QED) is 0.601. The Hall–Kier alpha value is -0.900. The molecule has 18 heavy (non-hydrogen) atoms. The molecule has 0 radical (unpaired) electrons. The van der Waals surface area contributed by atoms with E-state index in [1.54, 1.807) is 9.80 Å². The topological polar surface area (TPSA) is 29.1 Å². The zero-order valence-corrected chi connectivity index (χ0v) is 11.6. The van der Waals surface area contributed by atoms with Gasteiger partial charge in [0.2, 0.25) is 0 Å². The molecule has 1 aromatic carbocycles. The van der Waals surface area contributed by atoms with Crippen molar-refractivity contribution < 1.29 is 14.9 Å². The molecule has 1 fully saturated rings. The van der Waals surface area contributed by atoms with Gasteiger partial charge in [-0.1, -0.05) is 23.8 Å². The minimum Gasteiger partial charge on any atom is -0.391 e. The molecule has 0 saturated carbocycles. The van der Waals surface area contributed by atoms with Crippen molar-refractivity contribution in [3.8, 4) is 0 Å². The molecule has 0 atom stereocenters. The number of rotatable bonds is 4. The molecule has 3 N–H and O–H groups in total. The van der Waals surface area contributed by atoms with Crippen LogP contribution in [0.2, 0.25) is 0 Å². The van der Waals surface area contributed by atoms with E-state index >= 15 is 0 Å². The molecule has 0 aliphatic carbocycles. The number of aliphatic hydroxyl groups excluding tert-OH is 1. The highest BCUT2D eigenvalue weighted by molar-refractivity contribution is 5.29. The fraction of sp³-hybridized carbons (Fsp3) is 0.600. The molecule has 0 spiro atoms. The first-order valence-corrected chi connectivity index (χ1v) is 7.03. The summed E-state index contributed by atoms with van der Waals surface area (Å²) in [4.78, 5) is 3.24. The number of piperazine rings is 1. The van der Waals surface area contributed by atoms with E-state index in [0.29, 0.717) is 6.61 Å². The normalized spacial score (nSPS) is 24.2. The summed E-state index contributed by atoms with van der Waals surface area (Å²) in [6.07, 6.45) is 0. The lowest BCUT2D eigenvalue weighted by Gasteiger charge is -2.29. The Morgan fingerprint density at radius 1 is 1.06 bits per heavy atom. The molecule has 0 amide bonds. The van der Waals surface area contributed by atoms with Crippen LogP contribution in [-0.2, 0) is 6.54 Å². The third kappa shape index (κ3) is 3.55. The van der Waals surface area contributed by atoms with Gasteiger partial charge in [-0.25, -0.2) is 0 Å². The lowest BCUT2D eigenvalue weighted by Crippen LogP contribution is -3.27. The molecule has 1 aromatic rings. The SMILES string of the molecule is Cc1ccc(C[NH+]2CC[NH+](CCO)CC2)c(C)c1. The van der Waals surface area contributed by atoms with Crippen molar-refractivity contribution in [1.29, 1.82) is 0 Å². The second-order valence-corrected chi connectivity index (χ2v) is 5.58. The molecule has 1 aliphatic heterocycles. The smallest absolute Gasteiger partial charge is 0.127 e. The Morgan fingerprint density at radius 2 is 1.72 bits per heavy atom. The first-order valence-electron chi connectivity index (χ1n) is 7.03. The van der Waals surface area contributed by atoms with Gasteiger partial charge >= 0.3 is 0 Å². The zero-order valence-electron chi connectivity index (χ0n) is 11.6. The molecule has 0 aromatic heterocycles. The van der Waals surface area contributed by atoms with Gasteiger partial charge in [-0.05, 0) is 19.4 Å². The van der Waals surface area contributed by atoms with Gasteiger partial charge < -0.3 is 14.9 Å². The fourth-order valence-corrected chi connectivity index (χ4v) is 2.86. The number of aryl methyl sites for hydroxylation is 2. The Bertz CT molecular complexity index is 384. The van der Waals surface area contributed by atoms with Crippen molar-refractivity contribution >= 4 is 0 Å². The largest absolute Gasteiger partial charge is 0.391 e. The molecule has 0 bridgehead atoms. The van der Waals surface area contributed by atoms with Crippen LogP contribution in [0.4, 0.5) is 0 Å². The second-order valence-electron chi connectivity index (χ2n) is 5.58. The maximum atomic E-state index is 8.95. The summed E-state index contributed by atoms with van der Waals surface area (Å²) < 4.78 is 0. The summed E-state index contributed by atoms with van der Waals surface area (Å²) in [5.74, 6) is 0. The molecule has 3 nitrogen and oxygen atoms in total. The second kappa shape index (κ2) is 6.32. The number of hydrogen-bond acceptors (Lipinski definition) is 1. The van der Waals surface area contributed by atoms with Crippen molar-refractivity contribution in [1.82, 2.24) is 0 Å². The Morgan fingerprint density at radius 3 is 2.33 bits per heavy atom. The predicted octanol–water partition coefficient (Wildman–Crippen LogP) is -1.42. The number of hydrogen-bond donors (Lipinski definition) is 3. The molecule has 1 heterocycles. The van der Waals surface area contributed by atoms with Crippen LogP contribution in [0, 0.1) is 13.8 Å². The van der Waals surface area contributed by atoms with Crippen molar-refractivity contribution in [2.24, 2.45) is 0 Å². The van der Waals surface area contributed by atoms with E-state index in [4.69, 9.17) is 5.11 Å². The summed E-state index contributed by atoms with van der Waals surface area (Å²) in [5.41, 5.74) is 4.26. The average molecular weight is 250 g/mol. The van der Waals surface area contributed by atoms with Crippen molar-refractivity contribution in [3.63, 3.8) is 0 Å². The molecule has 100 valence electrons. The highest BCUT2D eigenvalue weighted by Crippen LogP contribution is 2.08. The Labute approximate surface area is 110 Å². The van der Waals surface area contributed by atoms with E-state index in [0.717, 1.165) is 13.1 Å². The highest BCUT2D eigenvalue weighted by atomic mass is 16.3. The molecule has 0 unspecified atom stereocenters. The average Bonchev–Trinajstić information content (AvgIpc) is 2.35. The van der Waals surface area contributed by atoms with Crippen LogP contribution in [0.3, 0.4) is 0 Å². The summed E-state index contributed by atoms with van der Waals surface area (Å²) >= 11 is 0. The molecular weight excluding hydrogens is 224 g/mol. The van der Waals surface area contributed by atoms with E-state index in [1.807, 2.05) is 0 Å². The van der Waals surface area contributed by atoms with Crippen molar-refractivity contribution in [3.05, 3.63) is 34.9 Å². The Balaban J connectivity index is 1.87. The van der Waals surface area contributed by atoms with Gasteiger partial charge in [0, 0.05) is 5.56 Å². The highest BCUT2D eigenvalue weighted by Gasteiger charge is 2.22. The van der Waals surface area contributed by atoms with Gasteiger partial charge in [-0.3, -0.25) is 0 Å². The number of quaternary nitrogens is 2. The summed E-state index contributed by atoms with van der Waals surface area (Å²) in [5, 5.41) is 8.95. The van der Waals surface area contributed by atoms with E-state index in [2.05, 4.69) is 32.0 Å². The zero-order chi connectivity index (χ0) is 13.0.